The number of carbonyl (C=O) groups is 1. The van der Waals surface area contributed by atoms with E-state index in [-0.39, 0.29) is 5.78 Å². The third-order valence-electron chi connectivity index (χ3n) is 2.25. The summed E-state index contributed by atoms with van der Waals surface area (Å²) in [5.74, 6) is 0.137. The standard InChI is InChI=1S/C14H26OSi/c1-5-6-7-8-9-10-11-14(15)12-13-16(2,3)4/h10-13H,5-9H2,1-4H3/b11-10+,13-12+. The van der Waals surface area contributed by atoms with Crippen LogP contribution in [0, 0.1) is 0 Å². The minimum Gasteiger partial charge on any atom is -0.290 e. The molecule has 92 valence electrons. The number of ketones is 1. The smallest absolute Gasteiger partial charge is 0.177 e. The summed E-state index contributed by atoms with van der Waals surface area (Å²) in [6, 6.07) is 0. The first-order valence-electron chi connectivity index (χ1n) is 6.35. The van der Waals surface area contributed by atoms with Crippen LogP contribution in [0.4, 0.5) is 0 Å². The van der Waals surface area contributed by atoms with Crippen LogP contribution in [-0.4, -0.2) is 13.9 Å². The average Bonchev–Trinajstić information content (AvgIpc) is 2.19. The summed E-state index contributed by atoms with van der Waals surface area (Å²) in [5.41, 5.74) is 2.09. The lowest BCUT2D eigenvalue weighted by Gasteiger charge is -2.06. The first-order chi connectivity index (χ1) is 7.45. The van der Waals surface area contributed by atoms with E-state index in [0.717, 1.165) is 6.42 Å². The third kappa shape index (κ3) is 11.4. The normalized spacial score (nSPS) is 12.8. The van der Waals surface area contributed by atoms with Gasteiger partial charge in [-0.1, -0.05) is 57.6 Å². The Kier molecular flexibility index (Phi) is 8.17. The Bertz CT molecular complexity index is 246. The maximum absolute atomic E-state index is 11.4. The largest absolute Gasteiger partial charge is 0.290 e. The Morgan fingerprint density at radius 1 is 1.06 bits per heavy atom. The molecule has 0 spiro atoms. The van der Waals surface area contributed by atoms with Crippen molar-refractivity contribution in [3.63, 3.8) is 0 Å². The second kappa shape index (κ2) is 8.51. The van der Waals surface area contributed by atoms with E-state index in [9.17, 15) is 4.79 Å². The van der Waals surface area contributed by atoms with Crippen molar-refractivity contribution < 1.29 is 4.79 Å². The molecule has 0 aromatic carbocycles. The molecule has 0 saturated heterocycles. The fourth-order valence-electron chi connectivity index (χ4n) is 1.28. The van der Waals surface area contributed by atoms with Crippen LogP contribution in [0.5, 0.6) is 0 Å². The van der Waals surface area contributed by atoms with Crippen LogP contribution in [0.3, 0.4) is 0 Å². The predicted octanol–water partition coefficient (Wildman–Crippen LogP) is 4.52. The Morgan fingerprint density at radius 2 is 1.75 bits per heavy atom. The van der Waals surface area contributed by atoms with Crippen LogP contribution < -0.4 is 0 Å². The molecular weight excluding hydrogens is 212 g/mol. The summed E-state index contributed by atoms with van der Waals surface area (Å²) in [5, 5.41) is 0. The molecule has 0 atom stereocenters. The maximum Gasteiger partial charge on any atom is 0.177 e. The van der Waals surface area contributed by atoms with E-state index in [1.165, 1.54) is 25.7 Å². The molecular formula is C14H26OSi. The highest BCUT2D eigenvalue weighted by molar-refractivity contribution is 6.81. The van der Waals surface area contributed by atoms with Crippen molar-refractivity contribution >= 4 is 13.9 Å². The topological polar surface area (TPSA) is 17.1 Å². The Morgan fingerprint density at radius 3 is 2.31 bits per heavy atom. The Hall–Kier alpha value is -0.633. The molecule has 0 aliphatic carbocycles. The van der Waals surface area contributed by atoms with Crippen LogP contribution in [0.2, 0.25) is 19.6 Å². The summed E-state index contributed by atoms with van der Waals surface area (Å²) < 4.78 is 0. The van der Waals surface area contributed by atoms with Crippen LogP contribution >= 0.6 is 0 Å². The Labute approximate surface area is 102 Å². The minimum atomic E-state index is -1.22. The molecule has 1 nitrogen and oxygen atoms in total. The minimum absolute atomic E-state index is 0.137. The fourth-order valence-corrected chi connectivity index (χ4v) is 1.94. The van der Waals surface area contributed by atoms with Gasteiger partial charge in [0.15, 0.2) is 5.78 Å². The first kappa shape index (κ1) is 15.4. The number of rotatable bonds is 8. The number of hydrogen-bond acceptors (Lipinski definition) is 1. The van der Waals surface area contributed by atoms with Crippen LogP contribution in [0.25, 0.3) is 0 Å². The van der Waals surface area contributed by atoms with E-state index < -0.39 is 8.07 Å². The van der Waals surface area contributed by atoms with Crippen molar-refractivity contribution in [2.75, 3.05) is 0 Å². The molecule has 0 rings (SSSR count). The SMILES string of the molecule is CCCCCC/C=C/C(=O)/C=C/[Si](C)(C)C. The molecule has 0 amide bonds. The Balaban J connectivity index is 3.71. The van der Waals surface area contributed by atoms with Gasteiger partial charge in [-0.25, -0.2) is 0 Å². The first-order valence-corrected chi connectivity index (χ1v) is 9.93. The lowest BCUT2D eigenvalue weighted by atomic mass is 10.1. The van der Waals surface area contributed by atoms with E-state index in [4.69, 9.17) is 0 Å². The van der Waals surface area contributed by atoms with Crippen molar-refractivity contribution in [2.45, 2.75) is 58.7 Å². The van der Waals surface area contributed by atoms with Crippen LogP contribution in [0.15, 0.2) is 23.9 Å². The zero-order valence-electron chi connectivity index (χ0n) is 11.3. The summed E-state index contributed by atoms with van der Waals surface area (Å²) in [6.07, 6.45) is 11.5. The number of allylic oxidation sites excluding steroid dienone is 3. The molecule has 0 radical (unpaired) electrons. The summed E-state index contributed by atoms with van der Waals surface area (Å²) in [4.78, 5) is 11.4. The highest BCUT2D eigenvalue weighted by atomic mass is 28.3. The molecule has 0 heterocycles. The highest BCUT2D eigenvalue weighted by Gasteiger charge is 2.07. The molecule has 0 aliphatic rings. The summed E-state index contributed by atoms with van der Waals surface area (Å²) in [6.45, 7) is 8.89. The molecule has 0 N–H and O–H groups in total. The lowest BCUT2D eigenvalue weighted by molar-refractivity contribution is -0.110. The molecule has 0 bridgehead atoms. The van der Waals surface area contributed by atoms with Gasteiger partial charge in [-0.3, -0.25) is 4.79 Å². The van der Waals surface area contributed by atoms with E-state index in [0.29, 0.717) is 0 Å². The van der Waals surface area contributed by atoms with Crippen molar-refractivity contribution in [3.05, 3.63) is 23.9 Å². The average molecular weight is 238 g/mol. The van der Waals surface area contributed by atoms with Gasteiger partial charge in [0.05, 0.1) is 8.07 Å². The van der Waals surface area contributed by atoms with E-state index >= 15 is 0 Å². The number of hydrogen-bond donors (Lipinski definition) is 0. The molecule has 0 aliphatic heterocycles. The van der Waals surface area contributed by atoms with Crippen molar-refractivity contribution in [1.82, 2.24) is 0 Å². The number of unbranched alkanes of at least 4 members (excludes halogenated alkanes) is 4. The quantitative estimate of drug-likeness (QED) is 0.345. The van der Waals surface area contributed by atoms with Gasteiger partial charge in [-0.05, 0) is 25.0 Å². The van der Waals surface area contributed by atoms with Crippen LogP contribution in [0.1, 0.15) is 39.0 Å². The van der Waals surface area contributed by atoms with E-state index in [1.54, 1.807) is 12.2 Å². The molecule has 0 unspecified atom stereocenters. The zero-order chi connectivity index (χ0) is 12.4. The van der Waals surface area contributed by atoms with E-state index in [1.807, 2.05) is 6.08 Å². The van der Waals surface area contributed by atoms with Gasteiger partial charge in [0.25, 0.3) is 0 Å². The monoisotopic (exact) mass is 238 g/mol. The second-order valence-corrected chi connectivity index (χ2v) is 10.4. The summed E-state index contributed by atoms with van der Waals surface area (Å²) in [7, 11) is -1.22. The summed E-state index contributed by atoms with van der Waals surface area (Å²) >= 11 is 0. The van der Waals surface area contributed by atoms with Gasteiger partial charge in [0.2, 0.25) is 0 Å². The van der Waals surface area contributed by atoms with Gasteiger partial charge in [-0.15, -0.1) is 0 Å². The maximum atomic E-state index is 11.4. The van der Waals surface area contributed by atoms with Crippen LogP contribution in [-0.2, 0) is 4.79 Å². The van der Waals surface area contributed by atoms with Crippen molar-refractivity contribution in [2.24, 2.45) is 0 Å². The number of carbonyl (C=O) groups excluding carboxylic acids is 1. The molecule has 16 heavy (non-hydrogen) atoms. The lowest BCUT2D eigenvalue weighted by Crippen LogP contribution is -2.15. The molecule has 0 saturated carbocycles. The van der Waals surface area contributed by atoms with Gasteiger partial charge in [0.1, 0.15) is 0 Å². The van der Waals surface area contributed by atoms with Gasteiger partial charge in [-0.2, -0.15) is 0 Å². The predicted molar refractivity (Wildman–Crippen MR) is 75.4 cm³/mol. The molecule has 2 heteroatoms. The van der Waals surface area contributed by atoms with Gasteiger partial charge < -0.3 is 0 Å². The molecule has 0 aromatic heterocycles. The fraction of sp³-hybridized carbons (Fsp3) is 0.643. The van der Waals surface area contributed by atoms with Gasteiger partial charge in [0, 0.05) is 0 Å². The molecule has 0 fully saturated rings. The van der Waals surface area contributed by atoms with Crippen molar-refractivity contribution in [3.8, 4) is 0 Å². The van der Waals surface area contributed by atoms with E-state index in [2.05, 4.69) is 32.3 Å². The highest BCUT2D eigenvalue weighted by Crippen LogP contribution is 2.04. The second-order valence-electron chi connectivity index (χ2n) is 5.35. The third-order valence-corrected chi connectivity index (χ3v) is 3.42. The zero-order valence-corrected chi connectivity index (χ0v) is 12.3. The van der Waals surface area contributed by atoms with Crippen molar-refractivity contribution in [1.29, 1.82) is 0 Å². The van der Waals surface area contributed by atoms with Gasteiger partial charge >= 0.3 is 0 Å². The molecule has 0 aromatic rings.